The number of benzene rings is 1. The summed E-state index contributed by atoms with van der Waals surface area (Å²) in [4.78, 5) is 29.1. The first kappa shape index (κ1) is 19.5. The van der Waals surface area contributed by atoms with E-state index in [1.54, 1.807) is 13.0 Å². The maximum Gasteiger partial charge on any atom is 0.339 e. The highest BCUT2D eigenvalue weighted by Crippen LogP contribution is 2.27. The summed E-state index contributed by atoms with van der Waals surface area (Å²) in [5.74, 6) is -0.997. The first-order chi connectivity index (χ1) is 13.1. The Morgan fingerprint density at radius 1 is 1.14 bits per heavy atom. The molecule has 0 saturated carbocycles. The molecule has 0 fully saturated rings. The van der Waals surface area contributed by atoms with Gasteiger partial charge in [-0.3, -0.25) is 4.79 Å². The molecule has 7 heteroatoms. The van der Waals surface area contributed by atoms with Gasteiger partial charge >= 0.3 is 5.97 Å². The van der Waals surface area contributed by atoms with Crippen molar-refractivity contribution in [1.82, 2.24) is 15.5 Å². The summed E-state index contributed by atoms with van der Waals surface area (Å²) in [6, 6.07) is 9.39. The third kappa shape index (κ3) is 4.36. The maximum atomic E-state index is 12.7. The maximum absolute atomic E-state index is 12.7. The second kappa shape index (κ2) is 7.42. The number of carbonyl (C=O) groups excluding carboxylic acids is 2. The number of rotatable bonds is 4. The molecule has 3 rings (SSSR count). The number of esters is 1. The van der Waals surface area contributed by atoms with Gasteiger partial charge in [0.15, 0.2) is 6.61 Å². The van der Waals surface area contributed by atoms with Gasteiger partial charge in [-0.05, 0) is 40.7 Å². The van der Waals surface area contributed by atoms with Crippen LogP contribution in [0.2, 0.25) is 0 Å². The van der Waals surface area contributed by atoms with E-state index < -0.39 is 11.5 Å². The van der Waals surface area contributed by atoms with E-state index >= 15 is 0 Å². The molecule has 0 saturated heterocycles. The molecule has 0 unspecified atom stereocenters. The van der Waals surface area contributed by atoms with Crippen LogP contribution in [-0.4, -0.2) is 34.2 Å². The molecule has 0 spiro atoms. The lowest BCUT2D eigenvalue weighted by molar-refractivity contribution is -0.125. The van der Waals surface area contributed by atoms with Crippen LogP contribution in [-0.2, 0) is 9.53 Å². The van der Waals surface area contributed by atoms with Crippen LogP contribution >= 0.6 is 0 Å². The Bertz CT molecular complexity index is 1030. The van der Waals surface area contributed by atoms with Crippen molar-refractivity contribution in [2.24, 2.45) is 0 Å². The van der Waals surface area contributed by atoms with Crippen LogP contribution in [0.4, 0.5) is 0 Å². The van der Waals surface area contributed by atoms with Crippen molar-refractivity contribution in [3.05, 3.63) is 47.2 Å². The van der Waals surface area contributed by atoms with Crippen LogP contribution in [0.25, 0.3) is 22.4 Å². The molecule has 0 atom stereocenters. The predicted octanol–water partition coefficient (Wildman–Crippen LogP) is 3.58. The summed E-state index contributed by atoms with van der Waals surface area (Å²) in [6.07, 6.45) is 0. The molecule has 0 bridgehead atoms. The summed E-state index contributed by atoms with van der Waals surface area (Å²) in [5, 5.41) is 7.14. The van der Waals surface area contributed by atoms with E-state index in [1.165, 1.54) is 0 Å². The van der Waals surface area contributed by atoms with Gasteiger partial charge in [-0.2, -0.15) is 0 Å². The van der Waals surface area contributed by atoms with Crippen LogP contribution in [0.5, 0.6) is 0 Å². The van der Waals surface area contributed by atoms with Gasteiger partial charge < -0.3 is 14.6 Å². The largest absolute Gasteiger partial charge is 0.452 e. The van der Waals surface area contributed by atoms with Gasteiger partial charge in [0.25, 0.3) is 11.6 Å². The monoisotopic (exact) mass is 381 g/mol. The number of aryl methyl sites for hydroxylation is 2. The quantitative estimate of drug-likeness (QED) is 0.694. The molecular formula is C21H23N3O4. The van der Waals surface area contributed by atoms with Crippen molar-refractivity contribution in [1.29, 1.82) is 0 Å². The number of aromatic nitrogens is 2. The number of pyridine rings is 1. The molecule has 1 aromatic carbocycles. The number of nitrogens with zero attached hydrogens (tertiary/aromatic N) is 2. The van der Waals surface area contributed by atoms with Crippen LogP contribution in [0.15, 0.2) is 34.9 Å². The minimum atomic E-state index is -0.629. The van der Waals surface area contributed by atoms with E-state index in [0.717, 1.165) is 11.1 Å². The Balaban J connectivity index is 1.92. The zero-order valence-electron chi connectivity index (χ0n) is 16.6. The standard InChI is InChI=1S/C21H23N3O4/c1-12-6-8-14(9-7-12)16-10-15(18-13(2)24-28-19(18)22-16)20(26)27-11-17(25)23-21(3,4)5/h6-10H,11H2,1-5H3,(H,23,25). The van der Waals surface area contributed by atoms with Crippen LogP contribution in [0.1, 0.15) is 42.4 Å². The minimum absolute atomic E-state index is 0.252. The van der Waals surface area contributed by atoms with Gasteiger partial charge in [0, 0.05) is 11.1 Å². The van der Waals surface area contributed by atoms with Crippen molar-refractivity contribution in [3.8, 4) is 11.3 Å². The number of hydrogen-bond acceptors (Lipinski definition) is 6. The lowest BCUT2D eigenvalue weighted by atomic mass is 10.0. The normalized spacial score (nSPS) is 11.5. The van der Waals surface area contributed by atoms with Gasteiger partial charge in [0.2, 0.25) is 0 Å². The van der Waals surface area contributed by atoms with Crippen LogP contribution in [0, 0.1) is 13.8 Å². The summed E-state index contributed by atoms with van der Waals surface area (Å²) >= 11 is 0. The number of ether oxygens (including phenoxy) is 1. The van der Waals surface area contributed by atoms with Gasteiger partial charge in [-0.25, -0.2) is 9.78 Å². The third-order valence-electron chi connectivity index (χ3n) is 4.03. The smallest absolute Gasteiger partial charge is 0.339 e. The fourth-order valence-electron chi connectivity index (χ4n) is 2.79. The topological polar surface area (TPSA) is 94.3 Å². The first-order valence-electron chi connectivity index (χ1n) is 8.96. The molecule has 2 aromatic heterocycles. The average Bonchev–Trinajstić information content (AvgIpc) is 2.99. The zero-order chi connectivity index (χ0) is 20.5. The molecular weight excluding hydrogens is 358 g/mol. The van der Waals surface area contributed by atoms with E-state index in [2.05, 4.69) is 15.5 Å². The highest BCUT2D eigenvalue weighted by molar-refractivity contribution is 6.04. The number of hydrogen-bond donors (Lipinski definition) is 1. The average molecular weight is 381 g/mol. The molecule has 1 N–H and O–H groups in total. The van der Waals surface area contributed by atoms with Crippen molar-refractivity contribution in [2.75, 3.05) is 6.61 Å². The predicted molar refractivity (Wildman–Crippen MR) is 105 cm³/mol. The number of fused-ring (bicyclic) bond motifs is 1. The first-order valence-corrected chi connectivity index (χ1v) is 8.96. The highest BCUT2D eigenvalue weighted by Gasteiger charge is 2.22. The Morgan fingerprint density at radius 2 is 1.82 bits per heavy atom. The lowest BCUT2D eigenvalue weighted by Crippen LogP contribution is -2.42. The third-order valence-corrected chi connectivity index (χ3v) is 4.03. The van der Waals surface area contributed by atoms with E-state index in [1.807, 2.05) is 52.0 Å². The highest BCUT2D eigenvalue weighted by atomic mass is 16.5. The molecule has 0 radical (unpaired) electrons. The van der Waals surface area contributed by atoms with Gasteiger partial charge in [0.1, 0.15) is 0 Å². The van der Waals surface area contributed by atoms with Gasteiger partial charge in [0.05, 0.1) is 22.3 Å². The molecule has 0 aliphatic heterocycles. The van der Waals surface area contributed by atoms with E-state index in [0.29, 0.717) is 16.8 Å². The van der Waals surface area contributed by atoms with E-state index in [4.69, 9.17) is 9.26 Å². The molecule has 0 aliphatic carbocycles. The zero-order valence-corrected chi connectivity index (χ0v) is 16.6. The van der Waals surface area contributed by atoms with Crippen LogP contribution < -0.4 is 5.32 Å². The Kier molecular flexibility index (Phi) is 5.18. The van der Waals surface area contributed by atoms with Crippen molar-refractivity contribution in [3.63, 3.8) is 0 Å². The van der Waals surface area contributed by atoms with Gasteiger partial charge in [-0.1, -0.05) is 35.0 Å². The Morgan fingerprint density at radius 3 is 2.46 bits per heavy atom. The second-order valence-corrected chi connectivity index (χ2v) is 7.74. The number of carbonyl (C=O) groups is 2. The summed E-state index contributed by atoms with van der Waals surface area (Å²) < 4.78 is 10.5. The Labute approximate surface area is 163 Å². The van der Waals surface area contributed by atoms with Crippen LogP contribution in [0.3, 0.4) is 0 Å². The van der Waals surface area contributed by atoms with E-state index in [9.17, 15) is 9.59 Å². The fourth-order valence-corrected chi connectivity index (χ4v) is 2.79. The fraction of sp³-hybridized carbons (Fsp3) is 0.333. The summed E-state index contributed by atoms with van der Waals surface area (Å²) in [5.41, 5.74) is 3.16. The second-order valence-electron chi connectivity index (χ2n) is 7.74. The van der Waals surface area contributed by atoms with Crippen molar-refractivity contribution < 1.29 is 18.8 Å². The summed E-state index contributed by atoms with van der Waals surface area (Å²) in [6.45, 7) is 8.91. The Hall–Kier alpha value is -3.22. The van der Waals surface area contributed by atoms with Crippen molar-refractivity contribution in [2.45, 2.75) is 40.2 Å². The minimum Gasteiger partial charge on any atom is -0.452 e. The molecule has 2 heterocycles. The lowest BCUT2D eigenvalue weighted by Gasteiger charge is -2.20. The van der Waals surface area contributed by atoms with Crippen molar-refractivity contribution >= 4 is 23.0 Å². The molecule has 0 aliphatic rings. The SMILES string of the molecule is Cc1ccc(-c2cc(C(=O)OCC(=O)NC(C)(C)C)c3c(C)noc3n2)cc1. The molecule has 3 aromatic rings. The number of nitrogens with one attached hydrogen (secondary N) is 1. The molecule has 1 amide bonds. The summed E-state index contributed by atoms with van der Waals surface area (Å²) in [7, 11) is 0. The molecule has 7 nitrogen and oxygen atoms in total. The van der Waals surface area contributed by atoms with Gasteiger partial charge in [-0.15, -0.1) is 0 Å². The molecule has 28 heavy (non-hydrogen) atoms. The number of amides is 1. The molecule has 146 valence electrons. The van der Waals surface area contributed by atoms with E-state index in [-0.39, 0.29) is 23.8 Å².